The quantitative estimate of drug-likeness (QED) is 0.368. The molecule has 1 aromatic carbocycles. The molecule has 1 aliphatic rings. The molecule has 6 nitrogen and oxygen atoms in total. The summed E-state index contributed by atoms with van der Waals surface area (Å²) in [6.07, 6.45) is 3.17. The Kier molecular flexibility index (Phi) is 11.0. The van der Waals surface area contributed by atoms with Gasteiger partial charge in [-0.25, -0.2) is 4.98 Å². The van der Waals surface area contributed by atoms with Gasteiger partial charge in [-0.2, -0.15) is 13.2 Å². The molecule has 1 N–H and O–H groups in total. The zero-order valence-electron chi connectivity index (χ0n) is 20.5. The summed E-state index contributed by atoms with van der Waals surface area (Å²) >= 11 is 5.82. The number of carbonyl (C=O) groups is 1. The number of nitrogens with zero attached hydrogens (tertiary/aromatic N) is 3. The summed E-state index contributed by atoms with van der Waals surface area (Å²) in [5, 5.41) is 3.41. The lowest BCUT2D eigenvalue weighted by atomic mass is 10.1. The van der Waals surface area contributed by atoms with Crippen LogP contribution in [0.2, 0.25) is 5.02 Å². The Labute approximate surface area is 214 Å². The van der Waals surface area contributed by atoms with Crippen molar-refractivity contribution >= 4 is 23.7 Å². The average molecular weight is 523 g/mol. The van der Waals surface area contributed by atoms with E-state index in [0.29, 0.717) is 29.8 Å². The van der Waals surface area contributed by atoms with Gasteiger partial charge in [-0.3, -0.25) is 9.78 Å². The van der Waals surface area contributed by atoms with Crippen molar-refractivity contribution in [1.29, 1.82) is 0 Å². The van der Waals surface area contributed by atoms with Crippen LogP contribution in [0.1, 0.15) is 44.9 Å². The molecule has 1 atom stereocenters. The minimum absolute atomic E-state index is 0.0846. The van der Waals surface area contributed by atoms with Crippen molar-refractivity contribution in [3.8, 4) is 17.0 Å². The smallest absolute Gasteiger partial charge is 0.433 e. The van der Waals surface area contributed by atoms with Gasteiger partial charge < -0.3 is 14.6 Å². The summed E-state index contributed by atoms with van der Waals surface area (Å²) in [5.41, 5.74) is 1.96. The highest BCUT2D eigenvalue weighted by molar-refractivity contribution is 6.30. The van der Waals surface area contributed by atoms with Crippen LogP contribution in [0, 0.1) is 0 Å². The number of fused-ring (bicyclic) bond motifs is 1. The van der Waals surface area contributed by atoms with Gasteiger partial charge in [0, 0.05) is 41.1 Å². The lowest BCUT2D eigenvalue weighted by Gasteiger charge is -2.16. The zero-order chi connectivity index (χ0) is 26.7. The summed E-state index contributed by atoms with van der Waals surface area (Å²) in [6, 6.07) is 7.94. The van der Waals surface area contributed by atoms with Crippen LogP contribution in [-0.2, 0) is 17.4 Å². The van der Waals surface area contributed by atoms with Crippen molar-refractivity contribution in [3.63, 3.8) is 0 Å². The summed E-state index contributed by atoms with van der Waals surface area (Å²) < 4.78 is 44.6. The molecule has 10 heteroatoms. The Morgan fingerprint density at radius 1 is 1.28 bits per heavy atom. The van der Waals surface area contributed by atoms with Crippen LogP contribution in [0.3, 0.4) is 0 Å². The molecular formula is C26H30ClF3N4O2. The van der Waals surface area contributed by atoms with Crippen molar-refractivity contribution in [2.24, 2.45) is 0 Å². The number of pyridine rings is 1. The molecule has 1 amide bonds. The Bertz CT molecular complexity index is 1130. The van der Waals surface area contributed by atoms with E-state index in [2.05, 4.69) is 21.9 Å². The molecule has 1 aliphatic heterocycles. The largest absolute Gasteiger partial charge is 0.493 e. The van der Waals surface area contributed by atoms with E-state index in [1.165, 1.54) is 18.0 Å². The number of alkyl halides is 3. The Morgan fingerprint density at radius 2 is 2.03 bits per heavy atom. The fraction of sp³-hybridized carbons (Fsp3) is 0.346. The summed E-state index contributed by atoms with van der Waals surface area (Å²) in [5.74, 6) is 1.00. The number of carbonyl (C=O) groups excluding carboxylic acids is 1. The van der Waals surface area contributed by atoms with Gasteiger partial charge in [-0.05, 0) is 55.7 Å². The first kappa shape index (κ1) is 28.9. The first-order valence-electron chi connectivity index (χ1n) is 11.5. The minimum atomic E-state index is -4.46. The van der Waals surface area contributed by atoms with Crippen molar-refractivity contribution in [2.45, 2.75) is 52.3 Å². The SMILES string of the molecule is C=C(CC(C)NC=O)n1cnc(-c2ccc(C(F)(F)F)nc2)c1.CC.Clc1ccc2c(c1)CCCO2. The number of hydrogen-bond acceptors (Lipinski definition) is 4. The highest BCUT2D eigenvalue weighted by atomic mass is 35.5. The van der Waals surface area contributed by atoms with Crippen LogP contribution in [0.15, 0.2) is 55.6 Å². The lowest BCUT2D eigenvalue weighted by Crippen LogP contribution is -2.24. The average Bonchev–Trinajstić information content (AvgIpc) is 3.36. The molecule has 0 radical (unpaired) electrons. The molecule has 1 unspecified atom stereocenters. The van der Waals surface area contributed by atoms with Gasteiger partial charge in [0.2, 0.25) is 6.41 Å². The summed E-state index contributed by atoms with van der Waals surface area (Å²) in [6.45, 7) is 10.6. The number of aryl methyl sites for hydroxylation is 1. The van der Waals surface area contributed by atoms with E-state index in [0.717, 1.165) is 42.5 Å². The normalized spacial score (nSPS) is 13.0. The van der Waals surface area contributed by atoms with Crippen LogP contribution in [-0.4, -0.2) is 33.6 Å². The first-order valence-corrected chi connectivity index (χ1v) is 11.9. The van der Waals surface area contributed by atoms with Crippen molar-refractivity contribution in [2.75, 3.05) is 6.61 Å². The van der Waals surface area contributed by atoms with Crippen LogP contribution in [0.5, 0.6) is 5.75 Å². The van der Waals surface area contributed by atoms with Gasteiger partial charge in [0.1, 0.15) is 11.4 Å². The van der Waals surface area contributed by atoms with Gasteiger partial charge >= 0.3 is 6.18 Å². The highest BCUT2D eigenvalue weighted by Gasteiger charge is 2.32. The molecule has 3 aromatic rings. The third kappa shape index (κ3) is 8.41. The maximum atomic E-state index is 12.5. The highest BCUT2D eigenvalue weighted by Crippen LogP contribution is 2.29. The Hall–Kier alpha value is -3.33. The fourth-order valence-electron chi connectivity index (χ4n) is 3.32. The van der Waals surface area contributed by atoms with E-state index in [9.17, 15) is 18.0 Å². The molecule has 0 bridgehead atoms. The van der Waals surface area contributed by atoms with Crippen LogP contribution in [0.4, 0.5) is 13.2 Å². The van der Waals surface area contributed by atoms with Crippen LogP contribution < -0.4 is 10.1 Å². The van der Waals surface area contributed by atoms with Crippen LogP contribution in [0.25, 0.3) is 17.0 Å². The molecule has 2 aromatic heterocycles. The zero-order valence-corrected chi connectivity index (χ0v) is 21.2. The van der Waals surface area contributed by atoms with Gasteiger partial charge in [0.15, 0.2) is 0 Å². The number of hydrogen-bond donors (Lipinski definition) is 1. The maximum absolute atomic E-state index is 12.5. The third-order valence-corrected chi connectivity index (χ3v) is 5.30. The molecule has 0 saturated heterocycles. The number of rotatable bonds is 6. The number of nitrogens with one attached hydrogen (secondary N) is 1. The molecule has 4 rings (SSSR count). The fourth-order valence-corrected chi connectivity index (χ4v) is 3.52. The second-order valence-electron chi connectivity index (χ2n) is 7.76. The minimum Gasteiger partial charge on any atom is -0.493 e. The van der Waals surface area contributed by atoms with Gasteiger partial charge in [-0.15, -0.1) is 0 Å². The van der Waals surface area contributed by atoms with E-state index in [1.54, 1.807) is 10.8 Å². The first-order chi connectivity index (χ1) is 17.2. The molecular weight excluding hydrogens is 493 g/mol. The van der Waals surface area contributed by atoms with Crippen molar-refractivity contribution in [3.05, 3.63) is 71.9 Å². The summed E-state index contributed by atoms with van der Waals surface area (Å²) in [7, 11) is 0. The van der Waals surface area contributed by atoms with Crippen molar-refractivity contribution < 1.29 is 22.7 Å². The summed E-state index contributed by atoms with van der Waals surface area (Å²) in [4.78, 5) is 17.9. The number of halogens is 4. The maximum Gasteiger partial charge on any atom is 0.433 e. The predicted octanol–water partition coefficient (Wildman–Crippen LogP) is 6.65. The number of aromatic nitrogens is 3. The van der Waals surface area contributed by atoms with E-state index < -0.39 is 11.9 Å². The molecule has 3 heterocycles. The standard InChI is InChI=1S/C15H15F3N4O.C9H9ClO.C2H6/c1-10(21-9-23)5-11(2)22-7-13(20-8-22)12-3-4-14(19-6-12)15(16,17)18;10-8-3-4-9-7(6-8)2-1-5-11-9;1-2/h3-4,6-10H,2,5H2,1H3,(H,21,23);3-4,6H,1-2,5H2;1-2H3. The molecule has 0 fully saturated rings. The number of imidazole rings is 1. The molecule has 0 saturated carbocycles. The van der Waals surface area contributed by atoms with Crippen molar-refractivity contribution in [1.82, 2.24) is 19.9 Å². The van der Waals surface area contributed by atoms with E-state index in [1.807, 2.05) is 39.0 Å². The Morgan fingerprint density at radius 3 is 2.67 bits per heavy atom. The van der Waals surface area contributed by atoms with E-state index in [-0.39, 0.29) is 6.04 Å². The van der Waals surface area contributed by atoms with Gasteiger partial charge in [0.25, 0.3) is 0 Å². The predicted molar refractivity (Wildman–Crippen MR) is 136 cm³/mol. The number of benzene rings is 1. The van der Waals surface area contributed by atoms with Gasteiger partial charge in [0.05, 0.1) is 18.6 Å². The molecule has 0 aliphatic carbocycles. The van der Waals surface area contributed by atoms with Gasteiger partial charge in [-0.1, -0.05) is 32.0 Å². The molecule has 0 spiro atoms. The number of ether oxygens (including phenoxy) is 1. The van der Waals surface area contributed by atoms with E-state index >= 15 is 0 Å². The van der Waals surface area contributed by atoms with E-state index in [4.69, 9.17) is 16.3 Å². The third-order valence-electron chi connectivity index (χ3n) is 5.06. The second-order valence-corrected chi connectivity index (χ2v) is 8.19. The van der Waals surface area contributed by atoms with Crippen LogP contribution >= 0.6 is 11.6 Å². The molecule has 36 heavy (non-hydrogen) atoms. The monoisotopic (exact) mass is 522 g/mol. The lowest BCUT2D eigenvalue weighted by molar-refractivity contribution is -0.141. The number of amides is 1. The molecule has 194 valence electrons. The second kappa shape index (κ2) is 13.7. The Balaban J connectivity index is 0.000000291. The topological polar surface area (TPSA) is 69.0 Å².